The molecule has 0 bridgehead atoms. The van der Waals surface area contributed by atoms with Crippen LogP contribution in [-0.4, -0.2) is 31.8 Å². The van der Waals surface area contributed by atoms with E-state index in [4.69, 9.17) is 9.47 Å². The third kappa shape index (κ3) is 4.10. The molecule has 1 aliphatic heterocycles. The van der Waals surface area contributed by atoms with Crippen LogP contribution in [0.5, 0.6) is 5.75 Å². The minimum absolute atomic E-state index is 0.123. The summed E-state index contributed by atoms with van der Waals surface area (Å²) in [5, 5.41) is 2.74. The first-order chi connectivity index (χ1) is 9.29. The highest BCUT2D eigenvalue weighted by molar-refractivity contribution is 5.94. The Labute approximate surface area is 113 Å². The number of rotatable bonds is 6. The van der Waals surface area contributed by atoms with E-state index in [2.05, 4.69) is 11.9 Å². The van der Waals surface area contributed by atoms with Gasteiger partial charge in [0.05, 0.1) is 6.10 Å². The van der Waals surface area contributed by atoms with Crippen molar-refractivity contribution in [2.24, 2.45) is 0 Å². The summed E-state index contributed by atoms with van der Waals surface area (Å²) in [4.78, 5) is 11.8. The second-order valence-electron chi connectivity index (χ2n) is 4.47. The molecule has 0 aromatic heterocycles. The maximum Gasteiger partial charge on any atom is 0.251 e. The molecule has 4 heteroatoms. The number of ether oxygens (including phenoxy) is 2. The molecule has 2 rings (SSSR count). The zero-order valence-electron chi connectivity index (χ0n) is 10.9. The normalized spacial score (nSPS) is 18.0. The van der Waals surface area contributed by atoms with Crippen molar-refractivity contribution in [3.05, 3.63) is 42.5 Å². The van der Waals surface area contributed by atoms with Crippen LogP contribution in [0.15, 0.2) is 36.9 Å². The number of carbonyl (C=O) groups excluding carboxylic acids is 1. The zero-order valence-corrected chi connectivity index (χ0v) is 10.9. The molecule has 1 N–H and O–H groups in total. The first kappa shape index (κ1) is 13.6. The monoisotopic (exact) mass is 261 g/mol. The molecule has 0 saturated carbocycles. The van der Waals surface area contributed by atoms with Gasteiger partial charge in [-0.15, -0.1) is 6.58 Å². The maximum absolute atomic E-state index is 11.8. The third-order valence-electron chi connectivity index (χ3n) is 2.96. The topological polar surface area (TPSA) is 47.6 Å². The van der Waals surface area contributed by atoms with E-state index in [9.17, 15) is 4.79 Å². The Balaban J connectivity index is 1.90. The molecule has 1 fully saturated rings. The van der Waals surface area contributed by atoms with Crippen LogP contribution in [0, 0.1) is 0 Å². The summed E-state index contributed by atoms with van der Waals surface area (Å²) < 4.78 is 11.2. The van der Waals surface area contributed by atoms with Crippen molar-refractivity contribution in [3.8, 4) is 5.75 Å². The van der Waals surface area contributed by atoms with Crippen molar-refractivity contribution in [2.45, 2.75) is 18.9 Å². The highest BCUT2D eigenvalue weighted by atomic mass is 16.5. The van der Waals surface area contributed by atoms with Gasteiger partial charge in [-0.2, -0.15) is 0 Å². The zero-order chi connectivity index (χ0) is 13.5. The average Bonchev–Trinajstić information content (AvgIpc) is 2.96. The maximum atomic E-state index is 11.8. The van der Waals surface area contributed by atoms with Gasteiger partial charge < -0.3 is 14.8 Å². The Morgan fingerprint density at radius 2 is 2.47 bits per heavy atom. The molecule has 4 nitrogen and oxygen atoms in total. The lowest BCUT2D eigenvalue weighted by atomic mass is 10.2. The fourth-order valence-corrected chi connectivity index (χ4v) is 1.96. The number of carbonyl (C=O) groups is 1. The van der Waals surface area contributed by atoms with Gasteiger partial charge in [0.1, 0.15) is 12.4 Å². The van der Waals surface area contributed by atoms with E-state index in [1.54, 1.807) is 18.2 Å². The summed E-state index contributed by atoms with van der Waals surface area (Å²) in [6.07, 6.45) is 3.96. The average molecular weight is 261 g/mol. The molecule has 1 atom stereocenters. The minimum Gasteiger partial charge on any atom is -0.491 e. The Bertz CT molecular complexity index is 439. The molecule has 1 saturated heterocycles. The van der Waals surface area contributed by atoms with Crippen LogP contribution >= 0.6 is 0 Å². The van der Waals surface area contributed by atoms with Crippen LogP contribution in [-0.2, 0) is 4.74 Å². The number of benzene rings is 1. The van der Waals surface area contributed by atoms with Crippen LogP contribution in [0.2, 0.25) is 0 Å². The van der Waals surface area contributed by atoms with Gasteiger partial charge >= 0.3 is 0 Å². The third-order valence-corrected chi connectivity index (χ3v) is 2.96. The van der Waals surface area contributed by atoms with Crippen LogP contribution in [0.3, 0.4) is 0 Å². The van der Waals surface area contributed by atoms with Gasteiger partial charge in [-0.1, -0.05) is 12.1 Å². The van der Waals surface area contributed by atoms with E-state index >= 15 is 0 Å². The SMILES string of the molecule is C=CCNC(=O)c1cccc(OCC2CCCO2)c1. The van der Waals surface area contributed by atoms with Gasteiger partial charge in [-0.05, 0) is 31.0 Å². The quantitative estimate of drug-likeness (QED) is 0.798. The Hall–Kier alpha value is -1.81. The lowest BCUT2D eigenvalue weighted by Gasteiger charge is -2.12. The molecule has 1 aromatic rings. The van der Waals surface area contributed by atoms with Crippen LogP contribution in [0.25, 0.3) is 0 Å². The molecule has 0 spiro atoms. The number of nitrogens with one attached hydrogen (secondary N) is 1. The van der Waals surface area contributed by atoms with Gasteiger partial charge in [0.15, 0.2) is 0 Å². The van der Waals surface area contributed by atoms with Gasteiger partial charge in [0.2, 0.25) is 0 Å². The largest absolute Gasteiger partial charge is 0.491 e. The van der Waals surface area contributed by atoms with Crippen molar-refractivity contribution in [1.29, 1.82) is 0 Å². The second kappa shape index (κ2) is 6.95. The summed E-state index contributed by atoms with van der Waals surface area (Å²) in [5.41, 5.74) is 0.590. The van der Waals surface area contributed by atoms with Crippen LogP contribution in [0.4, 0.5) is 0 Å². The molecule has 1 aliphatic rings. The first-order valence-electron chi connectivity index (χ1n) is 6.53. The fourth-order valence-electron chi connectivity index (χ4n) is 1.96. The molecule has 102 valence electrons. The Morgan fingerprint density at radius 1 is 1.58 bits per heavy atom. The van der Waals surface area contributed by atoms with E-state index in [0.717, 1.165) is 19.4 Å². The molecule has 0 radical (unpaired) electrons. The molecule has 1 heterocycles. The lowest BCUT2D eigenvalue weighted by molar-refractivity contribution is 0.0679. The molecule has 0 aliphatic carbocycles. The Kier molecular flexibility index (Phi) is 4.98. The Morgan fingerprint density at radius 3 is 3.21 bits per heavy atom. The van der Waals surface area contributed by atoms with Crippen molar-refractivity contribution >= 4 is 5.91 Å². The summed E-state index contributed by atoms with van der Waals surface area (Å²) in [7, 11) is 0. The summed E-state index contributed by atoms with van der Waals surface area (Å²) >= 11 is 0. The number of hydrogen-bond donors (Lipinski definition) is 1. The predicted octanol–water partition coefficient (Wildman–Crippen LogP) is 2.16. The second-order valence-corrected chi connectivity index (χ2v) is 4.47. The molecule has 1 aromatic carbocycles. The summed E-state index contributed by atoms with van der Waals surface area (Å²) in [6, 6.07) is 7.16. The van der Waals surface area contributed by atoms with Crippen molar-refractivity contribution in [1.82, 2.24) is 5.32 Å². The van der Waals surface area contributed by atoms with E-state index < -0.39 is 0 Å². The van der Waals surface area contributed by atoms with Crippen molar-refractivity contribution < 1.29 is 14.3 Å². The smallest absolute Gasteiger partial charge is 0.251 e. The molecular weight excluding hydrogens is 242 g/mol. The van der Waals surface area contributed by atoms with E-state index in [-0.39, 0.29) is 12.0 Å². The summed E-state index contributed by atoms with van der Waals surface area (Å²) in [6.45, 7) is 5.38. The van der Waals surface area contributed by atoms with Crippen LogP contribution in [0.1, 0.15) is 23.2 Å². The minimum atomic E-state index is -0.123. The molecule has 1 unspecified atom stereocenters. The summed E-state index contributed by atoms with van der Waals surface area (Å²) in [5.74, 6) is 0.573. The van der Waals surface area contributed by atoms with E-state index in [0.29, 0.717) is 24.5 Å². The van der Waals surface area contributed by atoms with Crippen molar-refractivity contribution in [2.75, 3.05) is 19.8 Å². The van der Waals surface area contributed by atoms with Gasteiger partial charge in [0.25, 0.3) is 5.91 Å². The van der Waals surface area contributed by atoms with Crippen LogP contribution < -0.4 is 10.1 Å². The predicted molar refractivity (Wildman–Crippen MR) is 73.4 cm³/mol. The molecule has 1 amide bonds. The van der Waals surface area contributed by atoms with E-state index in [1.165, 1.54) is 0 Å². The van der Waals surface area contributed by atoms with Crippen molar-refractivity contribution in [3.63, 3.8) is 0 Å². The van der Waals surface area contributed by atoms with Gasteiger partial charge in [0, 0.05) is 18.7 Å². The molecular formula is C15H19NO3. The highest BCUT2D eigenvalue weighted by Crippen LogP contribution is 2.17. The fraction of sp³-hybridized carbons (Fsp3) is 0.400. The standard InChI is InChI=1S/C15H19NO3/c1-2-8-16-15(17)12-5-3-6-13(10-12)19-11-14-7-4-9-18-14/h2-3,5-6,10,14H,1,4,7-9,11H2,(H,16,17). The van der Waals surface area contributed by atoms with Gasteiger partial charge in [-0.25, -0.2) is 0 Å². The number of amides is 1. The highest BCUT2D eigenvalue weighted by Gasteiger charge is 2.16. The van der Waals surface area contributed by atoms with Gasteiger partial charge in [-0.3, -0.25) is 4.79 Å². The lowest BCUT2D eigenvalue weighted by Crippen LogP contribution is -2.23. The molecule has 19 heavy (non-hydrogen) atoms. The first-order valence-corrected chi connectivity index (χ1v) is 6.53. The number of hydrogen-bond acceptors (Lipinski definition) is 3. The van der Waals surface area contributed by atoms with E-state index in [1.807, 2.05) is 12.1 Å².